The fraction of sp³-hybridized carbons (Fsp3) is 0.900. The van der Waals surface area contributed by atoms with Crippen molar-refractivity contribution < 1.29 is 13.6 Å². The van der Waals surface area contributed by atoms with Gasteiger partial charge in [-0.25, -0.2) is 8.78 Å². The fourth-order valence-corrected chi connectivity index (χ4v) is 1.85. The van der Waals surface area contributed by atoms with Crippen LogP contribution in [0.5, 0.6) is 0 Å². The van der Waals surface area contributed by atoms with Crippen LogP contribution in [0.25, 0.3) is 0 Å². The second kappa shape index (κ2) is 5.23. The van der Waals surface area contributed by atoms with Gasteiger partial charge in [0.15, 0.2) is 0 Å². The minimum Gasteiger partial charge on any atom is -0.355 e. The highest BCUT2D eigenvalue weighted by atomic mass is 79.9. The van der Waals surface area contributed by atoms with Gasteiger partial charge in [0.05, 0.1) is 0 Å². The first kappa shape index (κ1) is 12.9. The van der Waals surface area contributed by atoms with Gasteiger partial charge in [-0.1, -0.05) is 22.9 Å². The molecule has 0 saturated heterocycles. The van der Waals surface area contributed by atoms with Gasteiger partial charge >= 0.3 is 0 Å². The monoisotopic (exact) mass is 283 g/mol. The summed E-state index contributed by atoms with van der Waals surface area (Å²) in [6.45, 7) is 2.47. The van der Waals surface area contributed by atoms with E-state index in [0.717, 1.165) is 0 Å². The zero-order valence-corrected chi connectivity index (χ0v) is 10.3. The van der Waals surface area contributed by atoms with Crippen molar-refractivity contribution in [3.8, 4) is 0 Å². The Morgan fingerprint density at radius 3 is 2.53 bits per heavy atom. The summed E-state index contributed by atoms with van der Waals surface area (Å²) in [5.41, 5.74) is 0. The van der Waals surface area contributed by atoms with Crippen LogP contribution in [0.2, 0.25) is 0 Å². The van der Waals surface area contributed by atoms with Crippen molar-refractivity contribution in [1.82, 2.24) is 5.32 Å². The highest BCUT2D eigenvalue weighted by molar-refractivity contribution is 9.09. The van der Waals surface area contributed by atoms with E-state index in [0.29, 0.717) is 19.4 Å². The van der Waals surface area contributed by atoms with Crippen molar-refractivity contribution in [3.05, 3.63) is 0 Å². The maximum absolute atomic E-state index is 12.8. The lowest BCUT2D eigenvalue weighted by Crippen LogP contribution is -2.37. The van der Waals surface area contributed by atoms with Crippen LogP contribution in [0, 0.1) is 5.92 Å². The lowest BCUT2D eigenvalue weighted by atomic mass is 9.86. The van der Waals surface area contributed by atoms with Gasteiger partial charge in [0.1, 0.15) is 0 Å². The number of hydrogen-bond acceptors (Lipinski definition) is 1. The zero-order valence-electron chi connectivity index (χ0n) is 8.73. The van der Waals surface area contributed by atoms with Crippen molar-refractivity contribution in [1.29, 1.82) is 0 Å². The third-order valence-electron chi connectivity index (χ3n) is 2.65. The van der Waals surface area contributed by atoms with Gasteiger partial charge in [-0.15, -0.1) is 0 Å². The van der Waals surface area contributed by atoms with Crippen LogP contribution in [0.4, 0.5) is 8.78 Å². The number of halogens is 3. The van der Waals surface area contributed by atoms with E-state index >= 15 is 0 Å². The molecule has 15 heavy (non-hydrogen) atoms. The SMILES string of the molecule is CC(Br)CNC(=O)C1CCC(F)(F)CC1. The Morgan fingerprint density at radius 2 is 2.07 bits per heavy atom. The quantitative estimate of drug-likeness (QED) is 0.793. The summed E-state index contributed by atoms with van der Waals surface area (Å²) in [5, 5.41) is 2.75. The van der Waals surface area contributed by atoms with Gasteiger partial charge in [0.25, 0.3) is 0 Å². The van der Waals surface area contributed by atoms with Crippen molar-refractivity contribution in [3.63, 3.8) is 0 Å². The topological polar surface area (TPSA) is 29.1 Å². The van der Waals surface area contributed by atoms with Crippen LogP contribution in [-0.2, 0) is 4.79 Å². The Morgan fingerprint density at radius 1 is 1.53 bits per heavy atom. The van der Waals surface area contributed by atoms with E-state index in [1.807, 2.05) is 6.92 Å². The zero-order chi connectivity index (χ0) is 11.5. The van der Waals surface area contributed by atoms with Crippen molar-refractivity contribution >= 4 is 21.8 Å². The molecule has 0 spiro atoms. The third-order valence-corrected chi connectivity index (χ3v) is 2.97. The van der Waals surface area contributed by atoms with Crippen LogP contribution in [0.15, 0.2) is 0 Å². The van der Waals surface area contributed by atoms with Gasteiger partial charge in [-0.2, -0.15) is 0 Å². The molecule has 0 radical (unpaired) electrons. The third kappa shape index (κ3) is 4.45. The fourth-order valence-electron chi connectivity index (χ4n) is 1.69. The van der Waals surface area contributed by atoms with Crippen molar-refractivity contribution in [2.24, 2.45) is 5.92 Å². The lowest BCUT2D eigenvalue weighted by Gasteiger charge is -2.27. The Labute approximate surface area is 96.9 Å². The second-order valence-electron chi connectivity index (χ2n) is 4.16. The minimum absolute atomic E-state index is 0.0863. The summed E-state index contributed by atoms with van der Waals surface area (Å²) in [4.78, 5) is 11.8. The van der Waals surface area contributed by atoms with E-state index in [2.05, 4.69) is 21.2 Å². The Bertz CT molecular complexity index is 223. The smallest absolute Gasteiger partial charge is 0.248 e. The molecule has 1 atom stereocenters. The number of alkyl halides is 3. The second-order valence-corrected chi connectivity index (χ2v) is 5.72. The summed E-state index contributed by atoms with van der Waals surface area (Å²) in [7, 11) is 0. The van der Waals surface area contributed by atoms with Crippen LogP contribution in [0.3, 0.4) is 0 Å². The largest absolute Gasteiger partial charge is 0.355 e. The van der Waals surface area contributed by atoms with E-state index in [1.165, 1.54) is 0 Å². The number of hydrogen-bond donors (Lipinski definition) is 1. The molecule has 1 saturated carbocycles. The summed E-state index contributed by atoms with van der Waals surface area (Å²) >= 11 is 3.31. The van der Waals surface area contributed by atoms with Crippen molar-refractivity contribution in [2.75, 3.05) is 6.54 Å². The summed E-state index contributed by atoms with van der Waals surface area (Å²) in [6, 6.07) is 0. The molecule has 5 heteroatoms. The van der Waals surface area contributed by atoms with E-state index in [1.54, 1.807) is 0 Å². The molecule has 1 rings (SSSR count). The van der Waals surface area contributed by atoms with Crippen molar-refractivity contribution in [2.45, 2.75) is 43.4 Å². The Balaban J connectivity index is 2.30. The first-order valence-corrected chi connectivity index (χ1v) is 6.12. The average molecular weight is 284 g/mol. The molecule has 1 unspecified atom stereocenters. The van der Waals surface area contributed by atoms with Crippen LogP contribution in [-0.4, -0.2) is 23.2 Å². The number of amides is 1. The maximum Gasteiger partial charge on any atom is 0.248 e. The summed E-state index contributed by atoms with van der Waals surface area (Å²) in [6.07, 6.45) is 0.287. The molecule has 1 fully saturated rings. The molecule has 0 aliphatic heterocycles. The van der Waals surface area contributed by atoms with Crippen LogP contribution < -0.4 is 5.32 Å². The van der Waals surface area contributed by atoms with E-state index < -0.39 is 5.92 Å². The molecule has 2 nitrogen and oxygen atoms in total. The number of nitrogens with one attached hydrogen (secondary N) is 1. The predicted molar refractivity (Wildman–Crippen MR) is 58.3 cm³/mol. The van der Waals surface area contributed by atoms with Gasteiger partial charge in [-0.3, -0.25) is 4.79 Å². The predicted octanol–water partition coefficient (Wildman–Crippen LogP) is 2.71. The highest BCUT2D eigenvalue weighted by Gasteiger charge is 2.37. The molecule has 0 aromatic rings. The van der Waals surface area contributed by atoms with Gasteiger partial charge < -0.3 is 5.32 Å². The number of carbonyl (C=O) groups is 1. The number of rotatable bonds is 3. The molecule has 1 aliphatic carbocycles. The standard InChI is InChI=1S/C10H16BrF2NO/c1-7(11)6-14-9(15)8-2-4-10(12,13)5-3-8/h7-8H,2-6H2,1H3,(H,14,15). The highest BCUT2D eigenvalue weighted by Crippen LogP contribution is 2.36. The van der Waals surface area contributed by atoms with Gasteiger partial charge in [0.2, 0.25) is 11.8 Å². The van der Waals surface area contributed by atoms with Gasteiger partial charge in [0, 0.05) is 30.1 Å². The molecular weight excluding hydrogens is 268 g/mol. The molecule has 1 N–H and O–H groups in total. The first-order valence-electron chi connectivity index (χ1n) is 5.20. The van der Waals surface area contributed by atoms with E-state index in [4.69, 9.17) is 0 Å². The van der Waals surface area contributed by atoms with Gasteiger partial charge in [-0.05, 0) is 12.8 Å². The summed E-state index contributed by atoms with van der Waals surface area (Å²) < 4.78 is 25.6. The molecule has 0 aromatic heterocycles. The van der Waals surface area contributed by atoms with Crippen LogP contribution >= 0.6 is 15.9 Å². The van der Waals surface area contributed by atoms with E-state index in [-0.39, 0.29) is 29.5 Å². The molecule has 88 valence electrons. The number of carbonyl (C=O) groups excluding carboxylic acids is 1. The molecule has 0 aromatic carbocycles. The summed E-state index contributed by atoms with van der Waals surface area (Å²) in [5.74, 6) is -2.87. The van der Waals surface area contributed by atoms with E-state index in [9.17, 15) is 13.6 Å². The van der Waals surface area contributed by atoms with Crippen LogP contribution in [0.1, 0.15) is 32.6 Å². The molecular formula is C10H16BrF2NO. The Kier molecular flexibility index (Phi) is 4.49. The lowest BCUT2D eigenvalue weighted by molar-refractivity contribution is -0.129. The maximum atomic E-state index is 12.8. The molecule has 0 heterocycles. The average Bonchev–Trinajstić information content (AvgIpc) is 2.14. The molecule has 0 bridgehead atoms. The normalized spacial score (nSPS) is 23.5. The molecule has 1 amide bonds. The Hall–Kier alpha value is -0.190. The minimum atomic E-state index is -2.56. The first-order chi connectivity index (χ1) is 6.91. The molecule has 1 aliphatic rings.